The third kappa shape index (κ3) is 5.06. The molecule has 0 bridgehead atoms. The van der Waals surface area contributed by atoms with E-state index in [-0.39, 0.29) is 11.2 Å². The Labute approximate surface area is 181 Å². The Hall–Kier alpha value is -2.90. The summed E-state index contributed by atoms with van der Waals surface area (Å²) in [4.78, 5) is 23.4. The zero-order valence-corrected chi connectivity index (χ0v) is 18.1. The first-order valence-electron chi connectivity index (χ1n) is 10.5. The van der Waals surface area contributed by atoms with Gasteiger partial charge in [0, 0.05) is 18.8 Å². The zero-order chi connectivity index (χ0) is 22.1. The van der Waals surface area contributed by atoms with Crippen molar-refractivity contribution in [3.05, 3.63) is 71.6 Å². The van der Waals surface area contributed by atoms with Crippen molar-refractivity contribution in [2.75, 3.05) is 18.4 Å². The van der Waals surface area contributed by atoms with Crippen LogP contribution in [0.5, 0.6) is 0 Å². The van der Waals surface area contributed by atoms with E-state index in [1.807, 2.05) is 0 Å². The van der Waals surface area contributed by atoms with Crippen molar-refractivity contribution in [3.8, 4) is 0 Å². The molecule has 0 saturated carbocycles. The van der Waals surface area contributed by atoms with Crippen LogP contribution in [0.1, 0.15) is 44.7 Å². The van der Waals surface area contributed by atoms with Crippen molar-refractivity contribution in [2.24, 2.45) is 0 Å². The van der Waals surface area contributed by atoms with Crippen molar-refractivity contribution in [1.82, 2.24) is 10.5 Å². The number of hydrogen-bond donors (Lipinski definition) is 2. The fourth-order valence-corrected chi connectivity index (χ4v) is 3.76. The molecule has 164 valence electrons. The third-order valence-corrected chi connectivity index (χ3v) is 5.70. The number of hydrogen-bond acceptors (Lipinski definition) is 5. The summed E-state index contributed by atoms with van der Waals surface area (Å²) in [6.45, 7) is 7.69. The van der Waals surface area contributed by atoms with Gasteiger partial charge in [-0.25, -0.2) is 9.18 Å². The standard InChI is InChI=1S/C24H28FN3O3/c1-23(2,3)18-6-4-17(5-7-18)21-16-24(31-27-21)12-14-28(15-13-24)30-22(29)26-20-10-8-19(25)9-11-20/h4-11,16,27H,12-15H2,1-3H3,(H,26,29). The molecule has 31 heavy (non-hydrogen) atoms. The molecular formula is C24H28FN3O3. The van der Waals surface area contributed by atoms with Crippen LogP contribution in [-0.2, 0) is 15.1 Å². The highest BCUT2D eigenvalue weighted by molar-refractivity contribution is 5.84. The highest BCUT2D eigenvalue weighted by Crippen LogP contribution is 2.35. The van der Waals surface area contributed by atoms with Crippen molar-refractivity contribution in [1.29, 1.82) is 0 Å². The number of hydroxylamine groups is 3. The van der Waals surface area contributed by atoms with Gasteiger partial charge in [0.05, 0.1) is 5.70 Å². The first-order chi connectivity index (χ1) is 14.7. The lowest BCUT2D eigenvalue weighted by Crippen LogP contribution is -2.45. The van der Waals surface area contributed by atoms with Crippen molar-refractivity contribution in [3.63, 3.8) is 0 Å². The van der Waals surface area contributed by atoms with E-state index in [9.17, 15) is 9.18 Å². The van der Waals surface area contributed by atoms with Gasteiger partial charge in [0.1, 0.15) is 11.4 Å². The molecule has 0 aromatic heterocycles. The number of halogens is 1. The molecule has 2 heterocycles. The number of benzene rings is 2. The predicted octanol–water partition coefficient (Wildman–Crippen LogP) is 5.00. The van der Waals surface area contributed by atoms with Gasteiger partial charge in [-0.2, -0.15) is 0 Å². The molecule has 2 aromatic rings. The molecule has 2 aliphatic heterocycles. The average Bonchev–Trinajstić information content (AvgIpc) is 3.15. The van der Waals surface area contributed by atoms with Crippen LogP contribution in [-0.4, -0.2) is 29.8 Å². The lowest BCUT2D eigenvalue weighted by molar-refractivity contribution is -0.153. The van der Waals surface area contributed by atoms with Gasteiger partial charge in [-0.05, 0) is 59.7 Å². The molecule has 2 aromatic carbocycles. The van der Waals surface area contributed by atoms with E-state index >= 15 is 0 Å². The van der Waals surface area contributed by atoms with E-state index in [0.717, 1.165) is 11.3 Å². The largest absolute Gasteiger partial charge is 0.430 e. The highest BCUT2D eigenvalue weighted by atomic mass is 19.1. The summed E-state index contributed by atoms with van der Waals surface area (Å²) in [5, 5.41) is 4.22. The minimum absolute atomic E-state index is 0.115. The highest BCUT2D eigenvalue weighted by Gasteiger charge is 2.39. The number of carbonyl (C=O) groups excluding carboxylic acids is 1. The molecule has 1 spiro atoms. The summed E-state index contributed by atoms with van der Waals surface area (Å²) in [6.07, 6.45) is 2.92. The van der Waals surface area contributed by atoms with Crippen LogP contribution in [0.2, 0.25) is 0 Å². The number of nitrogens with one attached hydrogen (secondary N) is 2. The molecule has 0 aliphatic carbocycles. The first-order valence-corrected chi connectivity index (χ1v) is 10.5. The maximum absolute atomic E-state index is 13.0. The van der Waals surface area contributed by atoms with Crippen LogP contribution < -0.4 is 10.8 Å². The van der Waals surface area contributed by atoms with Gasteiger partial charge < -0.3 is 4.84 Å². The molecule has 7 heteroatoms. The predicted molar refractivity (Wildman–Crippen MR) is 117 cm³/mol. The lowest BCUT2D eigenvalue weighted by atomic mass is 9.86. The number of rotatable bonds is 3. The zero-order valence-electron chi connectivity index (χ0n) is 18.1. The van der Waals surface area contributed by atoms with Gasteiger partial charge in [-0.3, -0.25) is 15.6 Å². The summed E-state index contributed by atoms with van der Waals surface area (Å²) < 4.78 is 13.0. The Bertz CT molecular complexity index is 957. The Morgan fingerprint density at radius 2 is 1.74 bits per heavy atom. The summed E-state index contributed by atoms with van der Waals surface area (Å²) >= 11 is 0. The van der Waals surface area contributed by atoms with E-state index in [0.29, 0.717) is 31.6 Å². The van der Waals surface area contributed by atoms with Gasteiger partial charge >= 0.3 is 6.09 Å². The topological polar surface area (TPSA) is 62.8 Å². The molecule has 6 nitrogen and oxygen atoms in total. The molecule has 1 amide bonds. The Balaban J connectivity index is 1.32. The Kier molecular flexibility index (Phi) is 5.73. The summed E-state index contributed by atoms with van der Waals surface area (Å²) in [5.41, 5.74) is 6.59. The van der Waals surface area contributed by atoms with E-state index in [2.05, 4.69) is 61.9 Å². The summed E-state index contributed by atoms with van der Waals surface area (Å²) in [7, 11) is 0. The summed E-state index contributed by atoms with van der Waals surface area (Å²) in [5.74, 6) is -0.358. The normalized spacial score (nSPS) is 18.4. The second-order valence-corrected chi connectivity index (χ2v) is 9.09. The van der Waals surface area contributed by atoms with Crippen LogP contribution in [0.25, 0.3) is 5.70 Å². The number of nitrogens with zero attached hydrogens (tertiary/aromatic N) is 1. The third-order valence-electron chi connectivity index (χ3n) is 5.70. The molecule has 2 N–H and O–H groups in total. The van der Waals surface area contributed by atoms with Crippen molar-refractivity contribution in [2.45, 2.75) is 44.6 Å². The number of piperidine rings is 1. The monoisotopic (exact) mass is 425 g/mol. The molecule has 0 unspecified atom stereocenters. The fraction of sp³-hybridized carbons (Fsp3) is 0.375. The fourth-order valence-electron chi connectivity index (χ4n) is 3.76. The quantitative estimate of drug-likeness (QED) is 0.725. The van der Waals surface area contributed by atoms with Crippen LogP contribution in [0.4, 0.5) is 14.9 Å². The molecule has 4 rings (SSSR count). The SMILES string of the molecule is CC(C)(C)c1ccc(C2=CC3(CCN(OC(=O)Nc4ccc(F)cc4)CC3)ON2)cc1. The van der Waals surface area contributed by atoms with Crippen LogP contribution >= 0.6 is 0 Å². The molecule has 2 aliphatic rings. The van der Waals surface area contributed by atoms with Gasteiger partial charge in [-0.1, -0.05) is 45.0 Å². The van der Waals surface area contributed by atoms with Crippen molar-refractivity contribution >= 4 is 17.5 Å². The first kappa shape index (κ1) is 21.3. The van der Waals surface area contributed by atoms with Gasteiger partial charge in [0.25, 0.3) is 0 Å². The molecule has 0 atom stereocenters. The maximum Gasteiger partial charge on any atom is 0.430 e. The van der Waals surface area contributed by atoms with E-state index < -0.39 is 11.7 Å². The molecular weight excluding hydrogens is 397 g/mol. The molecule has 1 fully saturated rings. The van der Waals surface area contributed by atoms with Gasteiger partial charge in [0.15, 0.2) is 0 Å². The minimum Gasteiger partial charge on any atom is -0.351 e. The number of amides is 1. The number of anilines is 1. The minimum atomic E-state index is -0.594. The lowest BCUT2D eigenvalue weighted by Gasteiger charge is -2.35. The second-order valence-electron chi connectivity index (χ2n) is 9.09. The maximum atomic E-state index is 13.0. The van der Waals surface area contributed by atoms with E-state index in [1.54, 1.807) is 5.06 Å². The summed E-state index contributed by atoms with van der Waals surface area (Å²) in [6, 6.07) is 14.1. The molecule has 0 radical (unpaired) electrons. The van der Waals surface area contributed by atoms with Crippen LogP contribution in [0, 0.1) is 5.82 Å². The Morgan fingerprint density at radius 1 is 1.10 bits per heavy atom. The smallest absolute Gasteiger partial charge is 0.351 e. The van der Waals surface area contributed by atoms with E-state index in [1.165, 1.54) is 29.8 Å². The number of carbonyl (C=O) groups is 1. The second kappa shape index (κ2) is 8.32. The van der Waals surface area contributed by atoms with Crippen LogP contribution in [0.3, 0.4) is 0 Å². The van der Waals surface area contributed by atoms with Crippen molar-refractivity contribution < 1.29 is 18.9 Å². The van der Waals surface area contributed by atoms with E-state index in [4.69, 9.17) is 9.68 Å². The van der Waals surface area contributed by atoms with Gasteiger partial charge in [-0.15, -0.1) is 5.06 Å². The molecule has 1 saturated heterocycles. The average molecular weight is 426 g/mol. The van der Waals surface area contributed by atoms with Gasteiger partial charge in [0.2, 0.25) is 0 Å². The van der Waals surface area contributed by atoms with Crippen LogP contribution in [0.15, 0.2) is 54.6 Å². The Morgan fingerprint density at radius 3 is 2.35 bits per heavy atom.